The lowest BCUT2D eigenvalue weighted by molar-refractivity contribution is -0.274. The molecular formula is C22H26F3N3O4. The van der Waals surface area contributed by atoms with Gasteiger partial charge in [-0.05, 0) is 49.6 Å². The SMILES string of the molecule is CNC(=O)C(NOC)c1cccc(C)c1CO/N=C(\C)c1ccc(C)cc1OC(F)(F)F. The Labute approximate surface area is 184 Å². The molecule has 0 aliphatic heterocycles. The Balaban J connectivity index is 2.30. The number of rotatable bonds is 9. The lowest BCUT2D eigenvalue weighted by Crippen LogP contribution is -2.36. The third-order valence-electron chi connectivity index (χ3n) is 4.66. The molecule has 1 unspecified atom stereocenters. The predicted molar refractivity (Wildman–Crippen MR) is 113 cm³/mol. The number of halogens is 3. The van der Waals surface area contributed by atoms with Crippen LogP contribution in [0, 0.1) is 13.8 Å². The first-order valence-electron chi connectivity index (χ1n) is 9.69. The average Bonchev–Trinajstić information content (AvgIpc) is 2.71. The smallest absolute Gasteiger partial charge is 0.405 e. The van der Waals surface area contributed by atoms with E-state index in [0.717, 1.165) is 5.56 Å². The topological polar surface area (TPSA) is 81.2 Å². The van der Waals surface area contributed by atoms with Gasteiger partial charge in [0, 0.05) is 18.2 Å². The molecule has 0 fully saturated rings. The largest absolute Gasteiger partial charge is 0.573 e. The number of amides is 1. The monoisotopic (exact) mass is 453 g/mol. The van der Waals surface area contributed by atoms with E-state index < -0.39 is 12.4 Å². The molecule has 0 bridgehead atoms. The van der Waals surface area contributed by atoms with E-state index in [9.17, 15) is 18.0 Å². The van der Waals surface area contributed by atoms with E-state index in [4.69, 9.17) is 9.68 Å². The highest BCUT2D eigenvalue weighted by molar-refractivity contribution is 6.00. The summed E-state index contributed by atoms with van der Waals surface area (Å²) in [7, 11) is 2.91. The molecule has 0 spiro atoms. The molecule has 2 N–H and O–H groups in total. The number of nitrogens with zero attached hydrogens (tertiary/aromatic N) is 1. The van der Waals surface area contributed by atoms with Crippen molar-refractivity contribution in [3.63, 3.8) is 0 Å². The van der Waals surface area contributed by atoms with E-state index in [0.29, 0.717) is 16.7 Å². The molecule has 0 saturated heterocycles. The fraction of sp³-hybridized carbons (Fsp3) is 0.364. The Morgan fingerprint density at radius 1 is 1.19 bits per heavy atom. The lowest BCUT2D eigenvalue weighted by Gasteiger charge is -2.20. The van der Waals surface area contributed by atoms with Gasteiger partial charge in [-0.2, -0.15) is 5.48 Å². The molecule has 0 aromatic heterocycles. The number of hydrogen-bond acceptors (Lipinski definition) is 6. The summed E-state index contributed by atoms with van der Waals surface area (Å²) in [5, 5.41) is 6.54. The molecule has 7 nitrogen and oxygen atoms in total. The summed E-state index contributed by atoms with van der Waals surface area (Å²) in [5.41, 5.74) is 5.78. The van der Waals surface area contributed by atoms with E-state index in [2.05, 4.69) is 20.7 Å². The number of ether oxygens (including phenoxy) is 1. The zero-order chi connectivity index (χ0) is 23.9. The molecule has 2 aromatic carbocycles. The number of oxime groups is 1. The molecule has 1 amide bonds. The lowest BCUT2D eigenvalue weighted by atomic mass is 9.96. The third-order valence-corrected chi connectivity index (χ3v) is 4.66. The van der Waals surface area contributed by atoms with Gasteiger partial charge >= 0.3 is 6.36 Å². The zero-order valence-electron chi connectivity index (χ0n) is 18.5. The van der Waals surface area contributed by atoms with Crippen molar-refractivity contribution in [1.29, 1.82) is 0 Å². The fourth-order valence-electron chi connectivity index (χ4n) is 3.09. The number of benzene rings is 2. The summed E-state index contributed by atoms with van der Waals surface area (Å²) in [6, 6.07) is 9.03. The minimum atomic E-state index is -4.83. The second-order valence-corrected chi connectivity index (χ2v) is 7.01. The Morgan fingerprint density at radius 3 is 2.53 bits per heavy atom. The van der Waals surface area contributed by atoms with Crippen molar-refractivity contribution in [2.75, 3.05) is 14.2 Å². The van der Waals surface area contributed by atoms with Gasteiger partial charge < -0.3 is 19.7 Å². The van der Waals surface area contributed by atoms with Crippen LogP contribution in [0.5, 0.6) is 5.75 Å². The van der Waals surface area contributed by atoms with Crippen LogP contribution in [-0.4, -0.2) is 32.1 Å². The van der Waals surface area contributed by atoms with Gasteiger partial charge in [0.05, 0.1) is 12.8 Å². The van der Waals surface area contributed by atoms with E-state index in [1.165, 1.54) is 33.2 Å². The normalized spacial score (nSPS) is 12.9. The highest BCUT2D eigenvalue weighted by atomic mass is 19.4. The Kier molecular flexibility index (Phi) is 8.62. The summed E-state index contributed by atoms with van der Waals surface area (Å²) >= 11 is 0. The van der Waals surface area contributed by atoms with Crippen molar-refractivity contribution in [2.45, 2.75) is 39.8 Å². The number of hydrogen-bond donors (Lipinski definition) is 2. The second kappa shape index (κ2) is 11.0. The van der Waals surface area contributed by atoms with Crippen LogP contribution in [0.25, 0.3) is 0 Å². The first-order chi connectivity index (χ1) is 15.1. The molecule has 0 saturated carbocycles. The van der Waals surface area contributed by atoms with Crippen LogP contribution < -0.4 is 15.5 Å². The van der Waals surface area contributed by atoms with Crippen molar-refractivity contribution in [3.05, 3.63) is 64.2 Å². The maximum Gasteiger partial charge on any atom is 0.573 e. The van der Waals surface area contributed by atoms with Crippen LogP contribution in [-0.2, 0) is 21.1 Å². The van der Waals surface area contributed by atoms with Crippen LogP contribution >= 0.6 is 0 Å². The summed E-state index contributed by atoms with van der Waals surface area (Å²) in [4.78, 5) is 22.7. The highest BCUT2D eigenvalue weighted by Crippen LogP contribution is 2.28. The van der Waals surface area contributed by atoms with Crippen molar-refractivity contribution in [1.82, 2.24) is 10.8 Å². The minimum Gasteiger partial charge on any atom is -0.405 e. The van der Waals surface area contributed by atoms with Gasteiger partial charge in [0.2, 0.25) is 5.91 Å². The number of carbonyl (C=O) groups excluding carboxylic acids is 1. The summed E-state index contributed by atoms with van der Waals surface area (Å²) in [6.07, 6.45) is -4.83. The molecule has 2 aromatic rings. The summed E-state index contributed by atoms with van der Waals surface area (Å²) in [5.74, 6) is -0.671. The number of hydroxylamine groups is 1. The van der Waals surface area contributed by atoms with Crippen LogP contribution in [0.15, 0.2) is 41.6 Å². The van der Waals surface area contributed by atoms with Crippen LogP contribution in [0.1, 0.15) is 40.8 Å². The number of likely N-dealkylation sites (N-methyl/N-ethyl adjacent to an activating group) is 1. The molecule has 0 heterocycles. The molecule has 10 heteroatoms. The number of aryl methyl sites for hydroxylation is 2. The van der Waals surface area contributed by atoms with E-state index >= 15 is 0 Å². The standard InChI is InChI=1S/C22H26F3N3O4/c1-13-9-10-16(19(11-13)32-22(23,24)25)15(3)27-31-12-18-14(2)7-6-8-17(18)20(28-30-5)21(29)26-4/h6-11,20,28H,12H2,1-5H3,(H,26,29)/b27-15+. The van der Waals surface area contributed by atoms with E-state index in [1.807, 2.05) is 13.0 Å². The molecule has 0 aliphatic carbocycles. The van der Waals surface area contributed by atoms with Crippen LogP contribution in [0.4, 0.5) is 13.2 Å². The molecule has 0 aliphatic rings. The van der Waals surface area contributed by atoms with E-state index in [1.54, 1.807) is 25.1 Å². The van der Waals surface area contributed by atoms with Crippen molar-refractivity contribution in [3.8, 4) is 5.75 Å². The van der Waals surface area contributed by atoms with Crippen LogP contribution in [0.3, 0.4) is 0 Å². The summed E-state index contributed by atoms with van der Waals surface area (Å²) in [6.45, 7) is 5.01. The van der Waals surface area contributed by atoms with Gasteiger partial charge in [0.25, 0.3) is 0 Å². The third kappa shape index (κ3) is 6.69. The zero-order valence-corrected chi connectivity index (χ0v) is 18.5. The van der Waals surface area contributed by atoms with Crippen molar-refractivity contribution < 1.29 is 32.4 Å². The van der Waals surface area contributed by atoms with Crippen molar-refractivity contribution in [2.24, 2.45) is 5.16 Å². The Morgan fingerprint density at radius 2 is 1.91 bits per heavy atom. The van der Waals surface area contributed by atoms with Crippen LogP contribution in [0.2, 0.25) is 0 Å². The molecular weight excluding hydrogens is 427 g/mol. The maximum absolute atomic E-state index is 12.8. The number of carbonyl (C=O) groups is 1. The fourth-order valence-corrected chi connectivity index (χ4v) is 3.09. The Bertz CT molecular complexity index is 977. The van der Waals surface area contributed by atoms with Gasteiger partial charge in [-0.1, -0.05) is 29.4 Å². The predicted octanol–water partition coefficient (Wildman–Crippen LogP) is 4.08. The molecule has 174 valence electrons. The van der Waals surface area contributed by atoms with Gasteiger partial charge in [0.1, 0.15) is 18.4 Å². The quantitative estimate of drug-likeness (QED) is 0.442. The van der Waals surface area contributed by atoms with E-state index in [-0.39, 0.29) is 29.5 Å². The Hall–Kier alpha value is -3.11. The maximum atomic E-state index is 12.8. The van der Waals surface area contributed by atoms with Gasteiger partial charge in [-0.15, -0.1) is 13.2 Å². The highest BCUT2D eigenvalue weighted by Gasteiger charge is 2.32. The molecule has 32 heavy (non-hydrogen) atoms. The molecule has 2 rings (SSSR count). The molecule has 1 atom stereocenters. The van der Waals surface area contributed by atoms with Gasteiger partial charge in [-0.25, -0.2) is 0 Å². The molecule has 0 radical (unpaired) electrons. The van der Waals surface area contributed by atoms with Gasteiger partial charge in [0.15, 0.2) is 0 Å². The number of nitrogens with one attached hydrogen (secondary N) is 2. The second-order valence-electron chi connectivity index (χ2n) is 7.01. The first kappa shape index (κ1) is 25.2. The minimum absolute atomic E-state index is 0.0143. The van der Waals surface area contributed by atoms with Crippen molar-refractivity contribution >= 4 is 11.6 Å². The van der Waals surface area contributed by atoms with Gasteiger partial charge in [-0.3, -0.25) is 4.79 Å². The average molecular weight is 453 g/mol. The number of alkyl halides is 3. The first-order valence-corrected chi connectivity index (χ1v) is 9.69. The summed E-state index contributed by atoms with van der Waals surface area (Å²) < 4.78 is 42.4.